The third-order valence-electron chi connectivity index (χ3n) is 5.82. The van der Waals surface area contributed by atoms with Gasteiger partial charge in [-0.15, -0.1) is 5.10 Å². The zero-order chi connectivity index (χ0) is 26.6. The first-order chi connectivity index (χ1) is 17.7. The minimum atomic E-state index is -0.990. The van der Waals surface area contributed by atoms with E-state index in [0.29, 0.717) is 29.2 Å². The Morgan fingerprint density at radius 3 is 2.73 bits per heavy atom. The summed E-state index contributed by atoms with van der Waals surface area (Å²) in [5, 5.41) is 9.43. The number of benzene rings is 2. The van der Waals surface area contributed by atoms with Crippen molar-refractivity contribution in [3.63, 3.8) is 0 Å². The number of anilines is 1. The van der Waals surface area contributed by atoms with Crippen LogP contribution in [0.3, 0.4) is 0 Å². The highest BCUT2D eigenvalue weighted by atomic mass is 16.5. The molecule has 2 amide bonds. The Kier molecular flexibility index (Phi) is 7.25. The third kappa shape index (κ3) is 5.78. The van der Waals surface area contributed by atoms with Gasteiger partial charge < -0.3 is 19.7 Å². The van der Waals surface area contributed by atoms with Gasteiger partial charge in [-0.1, -0.05) is 42.2 Å². The average Bonchev–Trinajstić information content (AvgIpc) is 3.33. The van der Waals surface area contributed by atoms with Crippen LogP contribution in [0.5, 0.6) is 5.75 Å². The molecule has 0 saturated heterocycles. The maximum Gasteiger partial charge on any atom is 0.323 e. The Labute approximate surface area is 214 Å². The monoisotopic (exact) mass is 501 g/mol. The number of likely N-dealkylation sites (N-methyl/N-ethyl adjacent to an activating group) is 1. The van der Waals surface area contributed by atoms with Gasteiger partial charge in [-0.25, -0.2) is 4.98 Å². The molecule has 3 aromatic rings. The molecule has 2 N–H and O–H groups in total. The summed E-state index contributed by atoms with van der Waals surface area (Å²) >= 11 is 0. The number of aromatic amines is 1. The van der Waals surface area contributed by atoms with Gasteiger partial charge in [-0.05, 0) is 37.6 Å². The summed E-state index contributed by atoms with van der Waals surface area (Å²) in [7, 11) is 2.91. The van der Waals surface area contributed by atoms with Crippen LogP contribution in [-0.4, -0.2) is 59.8 Å². The van der Waals surface area contributed by atoms with Crippen molar-refractivity contribution in [2.75, 3.05) is 25.7 Å². The molecule has 1 atom stereocenters. The van der Waals surface area contributed by atoms with E-state index in [4.69, 9.17) is 9.47 Å². The molecule has 10 heteroatoms. The van der Waals surface area contributed by atoms with Crippen molar-refractivity contribution in [2.45, 2.75) is 26.3 Å². The molecule has 0 bridgehead atoms. The van der Waals surface area contributed by atoms with Crippen LogP contribution in [0.1, 0.15) is 41.4 Å². The lowest BCUT2D eigenvalue weighted by molar-refractivity contribution is -0.147. The topological polar surface area (TPSA) is 127 Å². The number of carbonyl (C=O) groups excluding carboxylic acids is 3. The fourth-order valence-corrected chi connectivity index (χ4v) is 3.70. The van der Waals surface area contributed by atoms with Gasteiger partial charge in [0.05, 0.1) is 12.8 Å². The Bertz CT molecular complexity index is 1390. The summed E-state index contributed by atoms with van der Waals surface area (Å²) in [4.78, 5) is 43.5. The van der Waals surface area contributed by atoms with Crippen molar-refractivity contribution in [1.29, 1.82) is 0 Å². The average molecular weight is 502 g/mol. The first kappa shape index (κ1) is 25.4. The van der Waals surface area contributed by atoms with Gasteiger partial charge in [-0.3, -0.25) is 19.5 Å². The van der Waals surface area contributed by atoms with Gasteiger partial charge in [0.1, 0.15) is 29.6 Å². The fraction of sp³-hybridized carbons (Fsp3) is 0.296. The summed E-state index contributed by atoms with van der Waals surface area (Å²) in [5.41, 5.74) is 1.12. The van der Waals surface area contributed by atoms with Crippen molar-refractivity contribution in [1.82, 2.24) is 20.5 Å². The second-order valence-corrected chi connectivity index (χ2v) is 9.05. The number of ether oxygens (including phenoxy) is 2. The molecular weight excluding hydrogens is 474 g/mol. The molecule has 0 radical (unpaired) electrons. The molecule has 1 aliphatic rings. The Hall–Kier alpha value is -4.65. The van der Waals surface area contributed by atoms with E-state index in [1.54, 1.807) is 39.1 Å². The second-order valence-electron chi connectivity index (χ2n) is 9.05. The van der Waals surface area contributed by atoms with Gasteiger partial charge in [0.2, 0.25) is 5.82 Å². The number of aromatic nitrogens is 3. The van der Waals surface area contributed by atoms with Gasteiger partial charge >= 0.3 is 5.97 Å². The van der Waals surface area contributed by atoms with E-state index in [0.717, 1.165) is 5.56 Å². The largest absolute Gasteiger partial charge is 0.489 e. The van der Waals surface area contributed by atoms with E-state index in [1.165, 1.54) is 12.0 Å². The van der Waals surface area contributed by atoms with E-state index in [-0.39, 0.29) is 18.3 Å². The molecule has 4 rings (SSSR count). The molecule has 2 aromatic carbocycles. The van der Waals surface area contributed by atoms with Crippen molar-refractivity contribution in [3.05, 3.63) is 71.3 Å². The van der Waals surface area contributed by atoms with Crippen LogP contribution in [0.25, 0.3) is 0 Å². The standard InChI is InChI=1S/C27H27N5O5/c1-27(2,26(35)36-4)13-12-18-10-11-21-20(14-18)32(3)25(34)19(16-37-21)28-24(33)23-29-22(30-31-23)15-17-8-6-5-7-9-17/h5-11,14,19H,15-16H2,1-4H3,(H,28,33)(H,29,30,31)/t19-/m1/s1. The third-order valence-corrected chi connectivity index (χ3v) is 5.82. The number of fused-ring (bicyclic) bond motifs is 1. The van der Waals surface area contributed by atoms with Gasteiger partial charge in [0.25, 0.3) is 11.8 Å². The molecule has 0 fully saturated rings. The van der Waals surface area contributed by atoms with Crippen LogP contribution in [0.2, 0.25) is 0 Å². The van der Waals surface area contributed by atoms with Crippen molar-refractivity contribution < 1.29 is 23.9 Å². The zero-order valence-corrected chi connectivity index (χ0v) is 21.0. The molecule has 0 aliphatic carbocycles. The van der Waals surface area contributed by atoms with Crippen molar-refractivity contribution in [2.24, 2.45) is 5.41 Å². The Morgan fingerprint density at radius 2 is 2.00 bits per heavy atom. The maximum atomic E-state index is 13.2. The number of nitrogens with one attached hydrogen (secondary N) is 2. The molecule has 190 valence electrons. The van der Waals surface area contributed by atoms with E-state index >= 15 is 0 Å². The van der Waals surface area contributed by atoms with Crippen LogP contribution in [-0.2, 0) is 20.7 Å². The predicted octanol–water partition coefficient (Wildman–Crippen LogP) is 2.10. The number of methoxy groups -OCH3 is 1. The summed E-state index contributed by atoms with van der Waals surface area (Å²) < 4.78 is 10.6. The highest BCUT2D eigenvalue weighted by Crippen LogP contribution is 2.31. The first-order valence-corrected chi connectivity index (χ1v) is 11.6. The summed E-state index contributed by atoms with van der Waals surface area (Å²) in [5.74, 6) is 5.40. The van der Waals surface area contributed by atoms with E-state index < -0.39 is 23.3 Å². The smallest absolute Gasteiger partial charge is 0.323 e. The lowest BCUT2D eigenvalue weighted by atomic mass is 9.94. The molecule has 2 heterocycles. The van der Waals surface area contributed by atoms with Crippen LogP contribution in [0.4, 0.5) is 5.69 Å². The summed E-state index contributed by atoms with van der Waals surface area (Å²) in [6, 6.07) is 13.8. The zero-order valence-electron chi connectivity index (χ0n) is 21.0. The Balaban J connectivity index is 1.46. The van der Waals surface area contributed by atoms with Crippen LogP contribution in [0.15, 0.2) is 48.5 Å². The van der Waals surface area contributed by atoms with Crippen LogP contribution in [0, 0.1) is 17.3 Å². The molecule has 0 unspecified atom stereocenters. The summed E-state index contributed by atoms with van der Waals surface area (Å²) in [6.45, 7) is 3.27. The number of H-pyrrole nitrogens is 1. The predicted molar refractivity (Wildman–Crippen MR) is 135 cm³/mol. The van der Waals surface area contributed by atoms with Gasteiger partial charge in [0.15, 0.2) is 0 Å². The minimum Gasteiger partial charge on any atom is -0.489 e. The summed E-state index contributed by atoms with van der Waals surface area (Å²) in [6.07, 6.45) is 0.493. The van der Waals surface area contributed by atoms with Crippen molar-refractivity contribution >= 4 is 23.5 Å². The quantitative estimate of drug-likeness (QED) is 0.405. The molecule has 10 nitrogen and oxygen atoms in total. The second kappa shape index (κ2) is 10.5. The Morgan fingerprint density at radius 1 is 1.24 bits per heavy atom. The van der Waals surface area contributed by atoms with E-state index in [9.17, 15) is 14.4 Å². The molecule has 37 heavy (non-hydrogen) atoms. The normalized spacial score (nSPS) is 15.0. The highest BCUT2D eigenvalue weighted by Gasteiger charge is 2.32. The molecule has 1 aliphatic heterocycles. The van der Waals surface area contributed by atoms with Gasteiger partial charge in [0, 0.05) is 19.0 Å². The molecule has 0 saturated carbocycles. The molecule has 0 spiro atoms. The SMILES string of the molecule is COC(=O)C(C)(C)C#Cc1ccc2c(c1)N(C)C(=O)[C@H](NC(=O)c1n[nH]c(Cc3ccccc3)n1)CO2. The van der Waals surface area contributed by atoms with E-state index in [1.807, 2.05) is 30.3 Å². The minimum absolute atomic E-state index is 0.0612. The lowest BCUT2D eigenvalue weighted by Gasteiger charge is -2.20. The lowest BCUT2D eigenvalue weighted by Crippen LogP contribution is -2.49. The number of hydrogen-bond donors (Lipinski definition) is 2. The highest BCUT2D eigenvalue weighted by molar-refractivity contribution is 6.02. The van der Waals surface area contributed by atoms with Crippen LogP contribution >= 0.6 is 0 Å². The maximum absolute atomic E-state index is 13.2. The van der Waals surface area contributed by atoms with E-state index in [2.05, 4.69) is 32.3 Å². The number of hydrogen-bond acceptors (Lipinski definition) is 7. The number of esters is 1. The number of nitrogens with zero attached hydrogens (tertiary/aromatic N) is 3. The first-order valence-electron chi connectivity index (χ1n) is 11.6. The molecule has 1 aromatic heterocycles. The van der Waals surface area contributed by atoms with Crippen LogP contribution < -0.4 is 15.0 Å². The number of carbonyl (C=O) groups is 3. The van der Waals surface area contributed by atoms with Crippen molar-refractivity contribution in [3.8, 4) is 17.6 Å². The number of rotatable bonds is 5. The van der Waals surface area contributed by atoms with Gasteiger partial charge in [-0.2, -0.15) is 0 Å². The fourth-order valence-electron chi connectivity index (χ4n) is 3.70. The molecular formula is C27H27N5O5. The number of amides is 2.